The van der Waals surface area contributed by atoms with Crippen molar-refractivity contribution < 1.29 is 78.5 Å². The minimum absolute atomic E-state index is 0.182. The first kappa shape index (κ1) is 45.1. The van der Waals surface area contributed by atoms with E-state index in [1.807, 2.05) is 0 Å². The van der Waals surface area contributed by atoms with E-state index < -0.39 is 92.3 Å². The molecule has 2 aromatic carbocycles. The Labute approximate surface area is 326 Å². The van der Waals surface area contributed by atoms with Crippen LogP contribution in [0, 0.1) is 0 Å². The molecule has 0 aromatic heterocycles. The summed E-state index contributed by atoms with van der Waals surface area (Å²) in [5.74, 6) is -1.21. The number of esters is 2. The smallest absolute Gasteiger partial charge is 0.342 e. The number of carbonyl (C=O) groups excluding carboxylic acids is 2. The highest BCUT2D eigenvalue weighted by Gasteiger charge is 2.50. The number of unbranched alkanes of at least 4 members (excludes halogenated alkanes) is 8. The van der Waals surface area contributed by atoms with Crippen LogP contribution in [0.2, 0.25) is 0 Å². The average molecular weight is 795 g/mol. The summed E-state index contributed by atoms with van der Waals surface area (Å²) >= 11 is 0. The molecule has 314 valence electrons. The summed E-state index contributed by atoms with van der Waals surface area (Å²) in [6, 6.07) is 10.4. The van der Waals surface area contributed by atoms with E-state index in [9.17, 15) is 45.3 Å². The summed E-state index contributed by atoms with van der Waals surface area (Å²) < 4.78 is 38.7. The standard InChI is InChI=1S/C40H58O16/c1-3-5-7-9-11-19-50-25-15-13-24(14-16-25)37(48)52-22-29-31(42)33(44)35(46)39(54-29)56-40-36(47)34(45)32(43)30(55-40)23-53-38(49)27-18-17-26(21-28(27)41)51-20-12-10-8-6-4-2/h13-18,21,29-36,39-47H,3-12,19-20,22-23H2,1-2H3/t29?,30?,31-,32-,33+,34+,35?,36?,39-,40-/m1/s1. The number of phenolic OH excluding ortho intramolecular Hbond substituents is 1. The number of rotatable bonds is 22. The molecule has 2 aromatic rings. The Morgan fingerprint density at radius 2 is 1.04 bits per heavy atom. The number of aromatic hydroxyl groups is 1. The van der Waals surface area contributed by atoms with Gasteiger partial charge in [-0.15, -0.1) is 0 Å². The first-order valence-electron chi connectivity index (χ1n) is 19.5. The zero-order valence-electron chi connectivity index (χ0n) is 32.0. The molecule has 2 heterocycles. The highest BCUT2D eigenvalue weighted by molar-refractivity contribution is 5.92. The molecular formula is C40H58O16. The van der Waals surface area contributed by atoms with Crippen LogP contribution in [0.15, 0.2) is 42.5 Å². The van der Waals surface area contributed by atoms with E-state index in [1.165, 1.54) is 36.8 Å². The average Bonchev–Trinajstić information content (AvgIpc) is 3.19. The number of phenols is 1. The highest BCUT2D eigenvalue weighted by Crippen LogP contribution is 2.30. The molecule has 10 atom stereocenters. The topological polar surface area (TPSA) is 240 Å². The van der Waals surface area contributed by atoms with E-state index in [1.54, 1.807) is 12.1 Å². The normalized spacial score (nSPS) is 27.7. The minimum Gasteiger partial charge on any atom is -0.507 e. The van der Waals surface area contributed by atoms with Gasteiger partial charge in [0.1, 0.15) is 84.9 Å². The summed E-state index contributed by atoms with van der Waals surface area (Å²) in [4.78, 5) is 25.6. The molecule has 7 N–H and O–H groups in total. The molecule has 56 heavy (non-hydrogen) atoms. The molecule has 2 fully saturated rings. The fraction of sp³-hybridized carbons (Fsp3) is 0.650. The second-order valence-electron chi connectivity index (χ2n) is 14.1. The summed E-state index contributed by atoms with van der Waals surface area (Å²) in [5.41, 5.74) is -0.0201. The molecule has 16 nitrogen and oxygen atoms in total. The second-order valence-corrected chi connectivity index (χ2v) is 14.1. The van der Waals surface area contributed by atoms with Crippen LogP contribution in [0.1, 0.15) is 98.8 Å². The van der Waals surface area contributed by atoms with Crippen molar-refractivity contribution in [1.29, 1.82) is 0 Å². The largest absolute Gasteiger partial charge is 0.507 e. The highest BCUT2D eigenvalue weighted by atomic mass is 16.8. The van der Waals surface area contributed by atoms with Gasteiger partial charge in [0.05, 0.1) is 18.8 Å². The van der Waals surface area contributed by atoms with Gasteiger partial charge in [-0.25, -0.2) is 9.59 Å². The number of aliphatic hydroxyl groups is 6. The fourth-order valence-electron chi connectivity index (χ4n) is 6.19. The summed E-state index contributed by atoms with van der Waals surface area (Å²) in [6.45, 7) is 4.03. The van der Waals surface area contributed by atoms with E-state index in [4.69, 9.17) is 33.2 Å². The lowest BCUT2D eigenvalue weighted by molar-refractivity contribution is -0.376. The first-order valence-corrected chi connectivity index (χ1v) is 19.5. The van der Waals surface area contributed by atoms with Gasteiger partial charge in [-0.3, -0.25) is 0 Å². The van der Waals surface area contributed by atoms with Crippen molar-refractivity contribution in [2.75, 3.05) is 26.4 Å². The van der Waals surface area contributed by atoms with Crippen molar-refractivity contribution in [3.05, 3.63) is 53.6 Å². The SMILES string of the molecule is CCCCCCCOc1ccc(C(=O)OCC2O[C@H](O[C@H]3OC(COC(=O)c4ccc(OCCCCCCC)cc4O)[C@@H](O)[C@H](O)C3O)C(O)[C@@H](O)[C@@H]2O)cc1. The van der Waals surface area contributed by atoms with Crippen molar-refractivity contribution in [3.8, 4) is 17.2 Å². The van der Waals surface area contributed by atoms with Gasteiger partial charge in [-0.2, -0.15) is 0 Å². The zero-order chi connectivity index (χ0) is 40.6. The maximum absolute atomic E-state index is 12.8. The molecule has 0 amide bonds. The predicted octanol–water partition coefficient (Wildman–Crippen LogP) is 2.74. The molecule has 16 heteroatoms. The lowest BCUT2D eigenvalue weighted by Gasteiger charge is -2.44. The summed E-state index contributed by atoms with van der Waals surface area (Å²) in [5, 5.41) is 74.0. The third kappa shape index (κ3) is 13.0. The fourth-order valence-corrected chi connectivity index (χ4v) is 6.19. The lowest BCUT2D eigenvalue weighted by atomic mass is 9.98. The quantitative estimate of drug-likeness (QED) is 0.0670. The van der Waals surface area contributed by atoms with Gasteiger partial charge in [0, 0.05) is 6.07 Å². The number of hydrogen-bond acceptors (Lipinski definition) is 16. The van der Waals surface area contributed by atoms with Gasteiger partial charge in [-0.05, 0) is 49.2 Å². The van der Waals surface area contributed by atoms with Crippen molar-refractivity contribution in [2.24, 2.45) is 0 Å². The van der Waals surface area contributed by atoms with Gasteiger partial charge in [0.25, 0.3) is 0 Å². The first-order chi connectivity index (χ1) is 26.9. The lowest BCUT2D eigenvalue weighted by Crippen LogP contribution is -2.64. The minimum atomic E-state index is -1.91. The second kappa shape index (κ2) is 23.0. The Morgan fingerprint density at radius 1 is 0.571 bits per heavy atom. The number of benzene rings is 2. The van der Waals surface area contributed by atoms with E-state index in [0.717, 1.165) is 57.8 Å². The van der Waals surface area contributed by atoms with Crippen LogP contribution in [0.5, 0.6) is 17.2 Å². The monoisotopic (exact) mass is 794 g/mol. The van der Waals surface area contributed by atoms with Crippen LogP contribution in [0.25, 0.3) is 0 Å². The summed E-state index contributed by atoms with van der Waals surface area (Å²) in [6.07, 6.45) is -6.86. The Kier molecular flexibility index (Phi) is 18.5. The van der Waals surface area contributed by atoms with Crippen molar-refractivity contribution in [2.45, 2.75) is 139 Å². The van der Waals surface area contributed by atoms with Crippen LogP contribution < -0.4 is 9.47 Å². The predicted molar refractivity (Wildman–Crippen MR) is 198 cm³/mol. The molecule has 2 saturated heterocycles. The van der Waals surface area contributed by atoms with E-state index in [-0.39, 0.29) is 11.1 Å². The molecule has 0 bridgehead atoms. The maximum Gasteiger partial charge on any atom is 0.342 e. The third-order valence-electron chi connectivity index (χ3n) is 9.68. The van der Waals surface area contributed by atoms with Crippen molar-refractivity contribution >= 4 is 11.9 Å². The molecular weight excluding hydrogens is 736 g/mol. The number of carbonyl (C=O) groups is 2. The Balaban J connectivity index is 1.28. The van der Waals surface area contributed by atoms with E-state index in [2.05, 4.69) is 13.8 Å². The molecule has 4 rings (SSSR count). The van der Waals surface area contributed by atoms with Crippen LogP contribution in [-0.4, -0.2) is 136 Å². The van der Waals surface area contributed by atoms with E-state index in [0.29, 0.717) is 24.7 Å². The Morgan fingerprint density at radius 3 is 1.54 bits per heavy atom. The van der Waals surface area contributed by atoms with Crippen LogP contribution in [0.3, 0.4) is 0 Å². The van der Waals surface area contributed by atoms with Crippen LogP contribution in [-0.2, 0) is 23.7 Å². The maximum atomic E-state index is 12.8. The Bertz CT molecular complexity index is 1470. The van der Waals surface area contributed by atoms with E-state index >= 15 is 0 Å². The van der Waals surface area contributed by atoms with Gasteiger partial charge < -0.3 is 68.9 Å². The number of hydrogen-bond donors (Lipinski definition) is 7. The molecule has 0 radical (unpaired) electrons. The molecule has 0 saturated carbocycles. The van der Waals surface area contributed by atoms with Gasteiger partial charge in [0.15, 0.2) is 12.6 Å². The molecule has 4 unspecified atom stereocenters. The number of aliphatic hydroxyl groups excluding tert-OH is 6. The molecule has 2 aliphatic rings. The van der Waals surface area contributed by atoms with Gasteiger partial charge in [0.2, 0.25) is 0 Å². The van der Waals surface area contributed by atoms with Crippen molar-refractivity contribution in [1.82, 2.24) is 0 Å². The Hall–Kier alpha value is -3.58. The van der Waals surface area contributed by atoms with Gasteiger partial charge in [-0.1, -0.05) is 65.2 Å². The van der Waals surface area contributed by atoms with Crippen molar-refractivity contribution in [3.63, 3.8) is 0 Å². The zero-order valence-corrected chi connectivity index (χ0v) is 32.0. The molecule has 2 aliphatic heterocycles. The van der Waals surface area contributed by atoms with Crippen LogP contribution in [0.4, 0.5) is 0 Å². The molecule has 0 aliphatic carbocycles. The number of ether oxygens (including phenoxy) is 7. The van der Waals surface area contributed by atoms with Crippen LogP contribution >= 0.6 is 0 Å². The third-order valence-corrected chi connectivity index (χ3v) is 9.68. The summed E-state index contributed by atoms with van der Waals surface area (Å²) in [7, 11) is 0. The van der Waals surface area contributed by atoms with Gasteiger partial charge >= 0.3 is 11.9 Å². The molecule has 0 spiro atoms.